The molecule has 8 nitrogen and oxygen atoms in total. The smallest absolute Gasteiger partial charge is 0.394 e. The van der Waals surface area contributed by atoms with Crippen molar-refractivity contribution in [3.63, 3.8) is 0 Å². The zero-order valence-corrected chi connectivity index (χ0v) is 21.9. The van der Waals surface area contributed by atoms with Crippen molar-refractivity contribution in [1.82, 2.24) is 0 Å². The van der Waals surface area contributed by atoms with Crippen LogP contribution in [-0.2, 0) is 33.2 Å². The molecule has 0 aromatic carbocycles. The van der Waals surface area contributed by atoms with Crippen molar-refractivity contribution in [2.24, 2.45) is 0 Å². The Morgan fingerprint density at radius 3 is 1.12 bits per heavy atom. The molecule has 32 heteroatoms. The molecule has 296 valence electrons. The number of rotatable bonds is 21. The van der Waals surface area contributed by atoms with Gasteiger partial charge in [0.15, 0.2) is 0 Å². The topological polar surface area (TPSA) is 84.8 Å². The lowest BCUT2D eigenvalue weighted by Gasteiger charge is -2.34. The van der Waals surface area contributed by atoms with Crippen molar-refractivity contribution in [2.75, 3.05) is 26.4 Å². The average molecular weight is 800 g/mol. The fourth-order valence-electron chi connectivity index (χ4n) is 2.24. The van der Waals surface area contributed by atoms with Gasteiger partial charge in [-0.1, -0.05) is 0 Å². The van der Waals surface area contributed by atoms with Gasteiger partial charge >= 0.3 is 61.2 Å². The van der Waals surface area contributed by atoms with Gasteiger partial charge in [-0.2, -0.15) is 70.2 Å². The molecule has 1 N–H and O–H groups in total. The Morgan fingerprint density at radius 2 is 0.796 bits per heavy atom. The number of hydrogen-bond acceptors (Lipinski definition) is 8. The number of ether oxygens (including phenoxy) is 7. The van der Waals surface area contributed by atoms with E-state index in [1.165, 1.54) is 9.47 Å². The van der Waals surface area contributed by atoms with Crippen LogP contribution in [0.1, 0.15) is 0 Å². The zero-order valence-electron chi connectivity index (χ0n) is 21.9. The summed E-state index contributed by atoms with van der Waals surface area (Å²) >= 11 is 0. The minimum atomic E-state index is -7.68. The standard InChI is InChI=1S/C17H12F24O8/c18-6(46-12(28,29)10(24,25)14(32,33)48-16(36,37)38)8(20,21)44-4-5(3-43-2-1-42)45-9(22,23)7(19)47-13(30,31)11(26,27)15(34,35)49-17(39,40)41/h5-7,42H,1-4H2. The molecule has 3 unspecified atom stereocenters. The summed E-state index contributed by atoms with van der Waals surface area (Å²) in [5.41, 5.74) is 0. The van der Waals surface area contributed by atoms with Crippen LogP contribution in [0.3, 0.4) is 0 Å². The SMILES string of the molecule is OCCOCC(COC(F)(F)C(F)OC(F)(F)C(F)(F)C(F)(F)OC(F)(F)F)OC(F)(F)C(F)OC(F)(F)C(F)(F)C(F)(F)OC(F)(F)F. The Morgan fingerprint density at radius 1 is 0.449 bits per heavy atom. The molecule has 0 aliphatic rings. The third-order valence-corrected chi connectivity index (χ3v) is 4.31. The van der Waals surface area contributed by atoms with Crippen molar-refractivity contribution in [2.45, 2.75) is 80.0 Å². The maximum atomic E-state index is 13.9. The molecule has 0 saturated carbocycles. The molecule has 0 spiro atoms. The van der Waals surface area contributed by atoms with Crippen LogP contribution in [0.5, 0.6) is 0 Å². The summed E-state index contributed by atoms with van der Waals surface area (Å²) in [6, 6.07) is 0. The lowest BCUT2D eigenvalue weighted by atomic mass is 10.3. The van der Waals surface area contributed by atoms with Crippen LogP contribution in [0.25, 0.3) is 0 Å². The predicted octanol–water partition coefficient (Wildman–Crippen LogP) is 6.92. The van der Waals surface area contributed by atoms with E-state index < -0.39 is 106 Å². The summed E-state index contributed by atoms with van der Waals surface area (Å²) in [4.78, 5) is 0. The van der Waals surface area contributed by atoms with Crippen molar-refractivity contribution in [3.8, 4) is 0 Å². The van der Waals surface area contributed by atoms with Gasteiger partial charge in [-0.05, 0) is 0 Å². The Balaban J connectivity index is 5.98. The monoisotopic (exact) mass is 800 g/mol. The molecular formula is C17H12F24O8. The molecule has 0 bridgehead atoms. The zero-order chi connectivity index (χ0) is 39.5. The molecule has 0 amide bonds. The Hall–Kier alpha value is -2.00. The van der Waals surface area contributed by atoms with E-state index in [4.69, 9.17) is 5.11 Å². The molecule has 0 radical (unpaired) electrons. The molecule has 3 atom stereocenters. The van der Waals surface area contributed by atoms with Gasteiger partial charge in [0.2, 0.25) is 0 Å². The van der Waals surface area contributed by atoms with Gasteiger partial charge in [0, 0.05) is 0 Å². The number of hydrogen-bond donors (Lipinski definition) is 1. The first kappa shape index (κ1) is 47.0. The molecule has 0 rings (SSSR count). The summed E-state index contributed by atoms with van der Waals surface area (Å²) in [5.74, 6) is -15.3. The molecule has 0 heterocycles. The van der Waals surface area contributed by atoms with E-state index in [9.17, 15) is 105 Å². The molecule has 0 fully saturated rings. The highest BCUT2D eigenvalue weighted by Crippen LogP contribution is 2.52. The van der Waals surface area contributed by atoms with Crippen molar-refractivity contribution < 1.29 is 144 Å². The van der Waals surface area contributed by atoms with Gasteiger partial charge in [0.1, 0.15) is 6.10 Å². The maximum absolute atomic E-state index is 13.9. The van der Waals surface area contributed by atoms with E-state index >= 15 is 0 Å². The van der Waals surface area contributed by atoms with Gasteiger partial charge in [0.25, 0.3) is 12.7 Å². The Labute approximate surface area is 251 Å². The van der Waals surface area contributed by atoms with Crippen LogP contribution in [-0.4, -0.2) is 112 Å². The number of aliphatic hydroxyl groups is 1. The van der Waals surface area contributed by atoms with E-state index in [0.717, 1.165) is 0 Å². The minimum absolute atomic E-state index is 1.11. The summed E-state index contributed by atoms with van der Waals surface area (Å²) in [6.45, 7) is -6.84. The molecular weight excluding hydrogens is 788 g/mol. The van der Waals surface area contributed by atoms with E-state index in [0.29, 0.717) is 0 Å². The lowest BCUT2D eigenvalue weighted by molar-refractivity contribution is -0.522. The van der Waals surface area contributed by atoms with Crippen LogP contribution in [0, 0.1) is 0 Å². The summed E-state index contributed by atoms with van der Waals surface area (Å²) < 4.78 is 329. The lowest BCUT2D eigenvalue weighted by Crippen LogP contribution is -2.60. The fourth-order valence-corrected chi connectivity index (χ4v) is 2.24. The highest BCUT2D eigenvalue weighted by Gasteiger charge is 2.79. The second-order valence-electron chi connectivity index (χ2n) is 8.15. The van der Waals surface area contributed by atoms with Crippen LogP contribution >= 0.6 is 0 Å². The van der Waals surface area contributed by atoms with Crippen LogP contribution < -0.4 is 0 Å². The van der Waals surface area contributed by atoms with Crippen molar-refractivity contribution in [3.05, 3.63) is 0 Å². The molecule has 0 aliphatic carbocycles. The molecule has 0 aromatic rings. The second-order valence-corrected chi connectivity index (χ2v) is 8.15. The van der Waals surface area contributed by atoms with Gasteiger partial charge < -0.3 is 19.3 Å². The fraction of sp³-hybridized carbons (Fsp3) is 1.00. The minimum Gasteiger partial charge on any atom is -0.394 e. The number of halogens is 24. The molecule has 0 aliphatic heterocycles. The Bertz CT molecular complexity index is 1030. The normalized spacial score (nSPS) is 17.3. The summed E-state index contributed by atoms with van der Waals surface area (Å²) in [6.07, 6.45) is -70.5. The average Bonchev–Trinajstić information content (AvgIpc) is 2.83. The van der Waals surface area contributed by atoms with E-state index in [1.54, 1.807) is 0 Å². The predicted molar refractivity (Wildman–Crippen MR) is 94.5 cm³/mol. The van der Waals surface area contributed by atoms with Crippen molar-refractivity contribution in [1.29, 1.82) is 0 Å². The Kier molecular flexibility index (Phi) is 14.7. The highest BCUT2D eigenvalue weighted by atomic mass is 19.4. The maximum Gasteiger partial charge on any atom is 0.527 e. The largest absolute Gasteiger partial charge is 0.527 e. The van der Waals surface area contributed by atoms with Gasteiger partial charge in [-0.25, -0.2) is 18.3 Å². The van der Waals surface area contributed by atoms with E-state index in [2.05, 4.69) is 14.2 Å². The summed E-state index contributed by atoms with van der Waals surface area (Å²) in [5, 5.41) is 8.50. The van der Waals surface area contributed by atoms with Crippen LogP contribution in [0.15, 0.2) is 0 Å². The first-order valence-electron chi connectivity index (χ1n) is 11.0. The molecule has 0 aromatic heterocycles. The summed E-state index contributed by atoms with van der Waals surface area (Å²) in [7, 11) is 0. The highest BCUT2D eigenvalue weighted by molar-refractivity contribution is 4.88. The second kappa shape index (κ2) is 15.3. The van der Waals surface area contributed by atoms with E-state index in [-0.39, 0.29) is 0 Å². The van der Waals surface area contributed by atoms with Crippen LogP contribution in [0.4, 0.5) is 105 Å². The van der Waals surface area contributed by atoms with Crippen molar-refractivity contribution >= 4 is 0 Å². The van der Waals surface area contributed by atoms with Gasteiger partial charge in [-0.3, -0.25) is 9.47 Å². The van der Waals surface area contributed by atoms with E-state index in [1.807, 2.05) is 9.47 Å². The van der Waals surface area contributed by atoms with Gasteiger partial charge in [0.05, 0.1) is 26.4 Å². The first-order chi connectivity index (χ1) is 21.3. The molecule has 0 saturated heterocycles. The number of aliphatic hydroxyl groups excluding tert-OH is 1. The van der Waals surface area contributed by atoms with Crippen LogP contribution in [0.2, 0.25) is 0 Å². The first-order valence-corrected chi connectivity index (χ1v) is 11.0. The molecule has 49 heavy (non-hydrogen) atoms. The number of alkyl halides is 24. The van der Waals surface area contributed by atoms with Gasteiger partial charge in [-0.15, -0.1) is 26.3 Å². The quantitative estimate of drug-likeness (QED) is 0.0991. The third kappa shape index (κ3) is 12.6. The third-order valence-electron chi connectivity index (χ3n) is 4.31.